The maximum absolute atomic E-state index is 12.6. The third-order valence-corrected chi connectivity index (χ3v) is 3.53. The zero-order valence-corrected chi connectivity index (χ0v) is 12.5. The van der Waals surface area contributed by atoms with Gasteiger partial charge in [-0.25, -0.2) is 0 Å². The second-order valence-corrected chi connectivity index (χ2v) is 5.10. The first-order chi connectivity index (χ1) is 10.1. The van der Waals surface area contributed by atoms with Crippen molar-refractivity contribution in [2.24, 2.45) is 0 Å². The first kappa shape index (κ1) is 15.1. The number of methoxy groups -OCH3 is 1. The number of nitrogens with zero attached hydrogens (tertiary/aromatic N) is 1. The molecule has 21 heavy (non-hydrogen) atoms. The topological polar surface area (TPSA) is 50.1 Å². The van der Waals surface area contributed by atoms with Crippen molar-refractivity contribution in [3.63, 3.8) is 0 Å². The zero-order chi connectivity index (χ0) is 15.4. The van der Waals surface area contributed by atoms with Crippen molar-refractivity contribution in [3.8, 4) is 11.8 Å². The van der Waals surface area contributed by atoms with Crippen LogP contribution in [-0.4, -0.2) is 12.9 Å². The molecule has 0 spiro atoms. The monoisotopic (exact) mass is 299 g/mol. The lowest BCUT2D eigenvalue weighted by Crippen LogP contribution is -2.12. The number of halogens is 1. The molecular formula is C17H14ClNO2. The molecule has 1 unspecified atom stereocenters. The Morgan fingerprint density at radius 2 is 1.90 bits per heavy atom. The Labute approximate surface area is 128 Å². The van der Waals surface area contributed by atoms with E-state index in [1.165, 1.54) is 0 Å². The number of benzene rings is 2. The van der Waals surface area contributed by atoms with Gasteiger partial charge in [-0.1, -0.05) is 23.7 Å². The van der Waals surface area contributed by atoms with Crippen LogP contribution in [0.5, 0.6) is 5.75 Å². The molecule has 106 valence electrons. The zero-order valence-electron chi connectivity index (χ0n) is 11.8. The molecule has 0 saturated heterocycles. The largest absolute Gasteiger partial charge is 0.497 e. The van der Waals surface area contributed by atoms with E-state index >= 15 is 0 Å². The molecule has 0 amide bonds. The number of ketones is 1. The number of ether oxygens (including phenoxy) is 1. The fourth-order valence-corrected chi connectivity index (χ4v) is 2.37. The van der Waals surface area contributed by atoms with Crippen LogP contribution in [0.2, 0.25) is 5.02 Å². The second kappa shape index (κ2) is 6.43. The molecule has 0 bridgehead atoms. The van der Waals surface area contributed by atoms with Crippen LogP contribution in [0, 0.1) is 18.3 Å². The van der Waals surface area contributed by atoms with Crippen LogP contribution >= 0.6 is 11.6 Å². The van der Waals surface area contributed by atoms with Gasteiger partial charge in [0.25, 0.3) is 0 Å². The van der Waals surface area contributed by atoms with E-state index in [1.54, 1.807) is 49.6 Å². The van der Waals surface area contributed by atoms with Gasteiger partial charge in [-0.15, -0.1) is 0 Å². The van der Waals surface area contributed by atoms with Crippen LogP contribution in [0.4, 0.5) is 0 Å². The molecule has 0 saturated carbocycles. The number of hydrogen-bond donors (Lipinski definition) is 0. The van der Waals surface area contributed by atoms with Gasteiger partial charge in [0.1, 0.15) is 11.7 Å². The predicted molar refractivity (Wildman–Crippen MR) is 81.9 cm³/mol. The van der Waals surface area contributed by atoms with Gasteiger partial charge in [-0.3, -0.25) is 4.79 Å². The molecule has 2 aromatic carbocycles. The lowest BCUT2D eigenvalue weighted by Gasteiger charge is -2.11. The van der Waals surface area contributed by atoms with Gasteiger partial charge in [-0.05, 0) is 48.4 Å². The lowest BCUT2D eigenvalue weighted by molar-refractivity contribution is 0.0978. The molecule has 2 aromatic rings. The van der Waals surface area contributed by atoms with E-state index in [4.69, 9.17) is 16.3 Å². The third kappa shape index (κ3) is 3.24. The molecule has 0 radical (unpaired) electrons. The maximum Gasteiger partial charge on any atom is 0.184 e. The van der Waals surface area contributed by atoms with Gasteiger partial charge >= 0.3 is 0 Å². The number of carbonyl (C=O) groups excluding carboxylic acids is 1. The van der Waals surface area contributed by atoms with Crippen molar-refractivity contribution in [2.75, 3.05) is 7.11 Å². The summed E-state index contributed by atoms with van der Waals surface area (Å²) in [4.78, 5) is 12.6. The molecule has 0 N–H and O–H groups in total. The average Bonchev–Trinajstić information content (AvgIpc) is 2.48. The Hall–Kier alpha value is -2.31. The van der Waals surface area contributed by atoms with Crippen LogP contribution in [0.3, 0.4) is 0 Å². The van der Waals surface area contributed by atoms with Crippen LogP contribution in [0.15, 0.2) is 42.5 Å². The SMILES string of the molecule is COc1ccc(C(C#N)C(=O)c2ccc(Cl)cc2C)cc1. The molecule has 0 fully saturated rings. The van der Waals surface area contributed by atoms with Gasteiger partial charge in [-0.2, -0.15) is 5.26 Å². The second-order valence-electron chi connectivity index (χ2n) is 4.66. The summed E-state index contributed by atoms with van der Waals surface area (Å²) in [6.45, 7) is 1.81. The molecule has 3 nitrogen and oxygen atoms in total. The number of carbonyl (C=O) groups is 1. The highest BCUT2D eigenvalue weighted by atomic mass is 35.5. The summed E-state index contributed by atoms with van der Waals surface area (Å²) in [5.74, 6) is -0.377. The maximum atomic E-state index is 12.6. The Balaban J connectivity index is 2.36. The van der Waals surface area contributed by atoms with Crippen molar-refractivity contribution in [3.05, 3.63) is 64.2 Å². The van der Waals surface area contributed by atoms with E-state index in [2.05, 4.69) is 6.07 Å². The summed E-state index contributed by atoms with van der Waals surface area (Å²) in [7, 11) is 1.57. The van der Waals surface area contributed by atoms with Crippen molar-refractivity contribution in [1.82, 2.24) is 0 Å². The number of hydrogen-bond acceptors (Lipinski definition) is 3. The fraction of sp³-hybridized carbons (Fsp3) is 0.176. The molecule has 4 heteroatoms. The number of aryl methyl sites for hydroxylation is 1. The minimum absolute atomic E-state index is 0.225. The molecule has 2 rings (SSSR count). The smallest absolute Gasteiger partial charge is 0.184 e. The first-order valence-corrected chi connectivity index (χ1v) is 6.78. The summed E-state index contributed by atoms with van der Waals surface area (Å²) in [6, 6.07) is 14.0. The predicted octanol–water partition coefficient (Wildman–Crippen LogP) is 4.15. The average molecular weight is 300 g/mol. The Bertz CT molecular complexity index is 702. The third-order valence-electron chi connectivity index (χ3n) is 3.29. The molecular weight excluding hydrogens is 286 g/mol. The van der Waals surface area contributed by atoms with Crippen molar-refractivity contribution < 1.29 is 9.53 Å². The highest BCUT2D eigenvalue weighted by Gasteiger charge is 2.23. The van der Waals surface area contributed by atoms with Crippen LogP contribution < -0.4 is 4.74 Å². The normalized spacial score (nSPS) is 11.5. The highest BCUT2D eigenvalue weighted by molar-refractivity contribution is 6.30. The Kier molecular flexibility index (Phi) is 4.62. The van der Waals surface area contributed by atoms with E-state index in [0.29, 0.717) is 21.9 Å². The number of rotatable bonds is 4. The van der Waals surface area contributed by atoms with Crippen molar-refractivity contribution >= 4 is 17.4 Å². The molecule has 0 aromatic heterocycles. The van der Waals surface area contributed by atoms with Gasteiger partial charge in [0, 0.05) is 10.6 Å². The molecule has 0 aliphatic carbocycles. The Morgan fingerprint density at radius 1 is 1.24 bits per heavy atom. The van der Waals surface area contributed by atoms with E-state index in [-0.39, 0.29) is 5.78 Å². The van der Waals surface area contributed by atoms with Gasteiger partial charge < -0.3 is 4.74 Å². The summed E-state index contributed by atoms with van der Waals surface area (Å²) >= 11 is 5.90. The van der Waals surface area contributed by atoms with E-state index in [0.717, 1.165) is 5.56 Å². The standard InChI is InChI=1S/C17H14ClNO2/c1-11-9-13(18)5-8-15(11)17(20)16(10-19)12-3-6-14(21-2)7-4-12/h3-9,16H,1-2H3. The first-order valence-electron chi connectivity index (χ1n) is 6.40. The summed E-state index contributed by atoms with van der Waals surface area (Å²) in [5.41, 5.74) is 1.93. The summed E-state index contributed by atoms with van der Waals surface area (Å²) < 4.78 is 5.08. The quantitative estimate of drug-likeness (QED) is 0.797. The summed E-state index contributed by atoms with van der Waals surface area (Å²) in [5, 5.41) is 9.93. The van der Waals surface area contributed by atoms with Gasteiger partial charge in [0.05, 0.1) is 13.2 Å². The molecule has 1 atom stereocenters. The highest BCUT2D eigenvalue weighted by Crippen LogP contribution is 2.25. The minimum Gasteiger partial charge on any atom is -0.497 e. The Morgan fingerprint density at radius 3 is 2.43 bits per heavy atom. The van der Waals surface area contributed by atoms with Crippen LogP contribution in [-0.2, 0) is 0 Å². The van der Waals surface area contributed by atoms with Gasteiger partial charge in [0.2, 0.25) is 0 Å². The van der Waals surface area contributed by atoms with Crippen LogP contribution in [0.1, 0.15) is 27.4 Å². The number of nitriles is 1. The summed E-state index contributed by atoms with van der Waals surface area (Å²) in [6.07, 6.45) is 0. The molecule has 0 aliphatic rings. The molecule has 0 aliphatic heterocycles. The molecule has 0 heterocycles. The van der Waals surface area contributed by atoms with Crippen molar-refractivity contribution in [2.45, 2.75) is 12.8 Å². The van der Waals surface area contributed by atoms with E-state index in [9.17, 15) is 10.1 Å². The van der Waals surface area contributed by atoms with Crippen molar-refractivity contribution in [1.29, 1.82) is 5.26 Å². The fourth-order valence-electron chi connectivity index (χ4n) is 2.14. The minimum atomic E-state index is -0.837. The van der Waals surface area contributed by atoms with Crippen LogP contribution in [0.25, 0.3) is 0 Å². The van der Waals surface area contributed by atoms with E-state index < -0.39 is 5.92 Å². The van der Waals surface area contributed by atoms with Gasteiger partial charge in [0.15, 0.2) is 5.78 Å². The number of Topliss-reactive ketones (excluding diaryl/α,β-unsaturated/α-hetero) is 1. The lowest BCUT2D eigenvalue weighted by atomic mass is 9.90. The van der Waals surface area contributed by atoms with E-state index in [1.807, 2.05) is 6.92 Å².